The quantitative estimate of drug-likeness (QED) is 0.875. The largest absolute Gasteiger partial charge is 0.445 e. The molecule has 1 aromatic carbocycles. The van der Waals surface area contributed by atoms with E-state index in [0.29, 0.717) is 0 Å². The Morgan fingerprint density at radius 3 is 2.60 bits per heavy atom. The van der Waals surface area contributed by atoms with Crippen LogP contribution in [0.2, 0.25) is 0 Å². The molecule has 1 aromatic heterocycles. The van der Waals surface area contributed by atoms with Gasteiger partial charge in [-0.15, -0.1) is 5.10 Å². The van der Waals surface area contributed by atoms with Gasteiger partial charge in [0, 0.05) is 5.39 Å². The van der Waals surface area contributed by atoms with Crippen LogP contribution < -0.4 is 5.73 Å². The number of halogens is 3. The Bertz CT molecular complexity index is 662. The molecule has 0 aliphatic carbocycles. The van der Waals surface area contributed by atoms with Crippen molar-refractivity contribution < 1.29 is 22.7 Å². The minimum absolute atomic E-state index is 0.0560. The van der Waals surface area contributed by atoms with Gasteiger partial charge < -0.3 is 10.5 Å². The number of hydrogen-bond donors (Lipinski definition) is 1. The van der Waals surface area contributed by atoms with Crippen LogP contribution in [0, 0.1) is 0 Å². The van der Waals surface area contributed by atoms with Gasteiger partial charge in [-0.05, 0) is 32.0 Å². The van der Waals surface area contributed by atoms with Crippen LogP contribution in [0.3, 0.4) is 0 Å². The number of nitrogen functional groups attached to an aromatic ring is 1. The number of alkyl halides is 3. The van der Waals surface area contributed by atoms with Crippen LogP contribution in [0.15, 0.2) is 18.2 Å². The molecule has 8 heteroatoms. The summed E-state index contributed by atoms with van der Waals surface area (Å²) in [4.78, 5) is 11.8. The average Bonchev–Trinajstić information content (AvgIpc) is 2.64. The van der Waals surface area contributed by atoms with Gasteiger partial charge in [0.1, 0.15) is 0 Å². The summed E-state index contributed by atoms with van der Waals surface area (Å²) in [5, 5.41) is 3.77. The molecule has 0 aliphatic heterocycles. The van der Waals surface area contributed by atoms with Crippen LogP contribution in [-0.2, 0) is 10.9 Å². The fourth-order valence-corrected chi connectivity index (χ4v) is 1.71. The molecular weight excluding hydrogens is 275 g/mol. The zero-order chi connectivity index (χ0) is 15.1. The van der Waals surface area contributed by atoms with Crippen molar-refractivity contribution >= 4 is 22.8 Å². The number of carbonyl (C=O) groups is 1. The minimum Gasteiger partial charge on any atom is -0.445 e. The van der Waals surface area contributed by atoms with E-state index in [0.717, 1.165) is 22.9 Å². The summed E-state index contributed by atoms with van der Waals surface area (Å²) in [5.41, 5.74) is 4.87. The van der Waals surface area contributed by atoms with Gasteiger partial charge in [-0.1, -0.05) is 0 Å². The van der Waals surface area contributed by atoms with Gasteiger partial charge in [-0.2, -0.15) is 17.9 Å². The lowest BCUT2D eigenvalue weighted by Crippen LogP contribution is -2.19. The molecule has 0 aliphatic rings. The van der Waals surface area contributed by atoms with Gasteiger partial charge in [0.2, 0.25) is 0 Å². The van der Waals surface area contributed by atoms with E-state index in [-0.39, 0.29) is 22.8 Å². The van der Waals surface area contributed by atoms with Crippen molar-refractivity contribution in [1.82, 2.24) is 9.78 Å². The summed E-state index contributed by atoms with van der Waals surface area (Å²) in [5.74, 6) is -0.160. The number of aromatic nitrogens is 2. The second-order valence-corrected chi connectivity index (χ2v) is 4.46. The van der Waals surface area contributed by atoms with E-state index < -0.39 is 17.8 Å². The van der Waals surface area contributed by atoms with Crippen LogP contribution in [0.1, 0.15) is 19.4 Å². The van der Waals surface area contributed by atoms with Crippen molar-refractivity contribution in [1.29, 1.82) is 0 Å². The first-order valence-electron chi connectivity index (χ1n) is 5.76. The summed E-state index contributed by atoms with van der Waals surface area (Å²) >= 11 is 0. The lowest BCUT2D eigenvalue weighted by atomic mass is 10.1. The number of nitrogens with two attached hydrogens (primary N) is 1. The maximum absolute atomic E-state index is 12.6. The van der Waals surface area contributed by atoms with Crippen LogP contribution in [0.4, 0.5) is 23.8 Å². The highest BCUT2D eigenvalue weighted by atomic mass is 19.4. The number of rotatable bonds is 1. The van der Waals surface area contributed by atoms with Crippen molar-refractivity contribution in [2.24, 2.45) is 0 Å². The molecule has 0 radical (unpaired) electrons. The molecule has 0 bridgehead atoms. The Kier molecular flexibility index (Phi) is 3.33. The third-order valence-corrected chi connectivity index (χ3v) is 2.55. The Labute approximate surface area is 112 Å². The SMILES string of the molecule is CC(C)OC(=O)n1nc(N)c2cc(C(F)(F)F)ccc21. The topological polar surface area (TPSA) is 70.1 Å². The number of anilines is 1. The molecule has 0 saturated carbocycles. The standard InChI is InChI=1S/C12H12F3N3O2/c1-6(2)20-11(19)18-9-4-3-7(12(13,14)15)5-8(9)10(16)17-18/h3-6H,1-2H3,(H2,16,17). The van der Waals surface area contributed by atoms with Gasteiger partial charge >= 0.3 is 12.3 Å². The molecule has 0 atom stereocenters. The molecule has 2 aromatic rings. The maximum Gasteiger partial charge on any atom is 0.435 e. The molecule has 5 nitrogen and oxygen atoms in total. The predicted molar refractivity (Wildman–Crippen MR) is 66.2 cm³/mol. The van der Waals surface area contributed by atoms with Gasteiger partial charge in [0.15, 0.2) is 5.82 Å². The molecule has 2 rings (SSSR count). The Morgan fingerprint density at radius 1 is 1.40 bits per heavy atom. The lowest BCUT2D eigenvalue weighted by molar-refractivity contribution is -0.137. The molecule has 0 spiro atoms. The summed E-state index contributed by atoms with van der Waals surface area (Å²) in [6, 6.07) is 2.86. The van der Waals surface area contributed by atoms with Gasteiger partial charge in [-0.25, -0.2) is 4.79 Å². The molecule has 2 N–H and O–H groups in total. The van der Waals surface area contributed by atoms with E-state index in [1.165, 1.54) is 0 Å². The normalized spacial score (nSPS) is 12.1. The highest BCUT2D eigenvalue weighted by Gasteiger charge is 2.31. The average molecular weight is 287 g/mol. The van der Waals surface area contributed by atoms with Gasteiger partial charge in [0.05, 0.1) is 17.2 Å². The Morgan fingerprint density at radius 2 is 2.05 bits per heavy atom. The second-order valence-electron chi connectivity index (χ2n) is 4.46. The fourth-order valence-electron chi connectivity index (χ4n) is 1.71. The summed E-state index contributed by atoms with van der Waals surface area (Å²) in [7, 11) is 0. The van der Waals surface area contributed by atoms with Crippen molar-refractivity contribution in [3.05, 3.63) is 23.8 Å². The second kappa shape index (κ2) is 4.69. The Hall–Kier alpha value is -2.25. The fraction of sp³-hybridized carbons (Fsp3) is 0.333. The third-order valence-electron chi connectivity index (χ3n) is 2.55. The molecule has 20 heavy (non-hydrogen) atoms. The first-order chi connectivity index (χ1) is 9.20. The number of nitrogens with zero attached hydrogens (tertiary/aromatic N) is 2. The first-order valence-corrected chi connectivity index (χ1v) is 5.76. The smallest absolute Gasteiger partial charge is 0.435 e. The van der Waals surface area contributed by atoms with Crippen LogP contribution in [-0.4, -0.2) is 22.0 Å². The number of hydrogen-bond acceptors (Lipinski definition) is 4. The van der Waals surface area contributed by atoms with Crippen LogP contribution in [0.5, 0.6) is 0 Å². The monoisotopic (exact) mass is 287 g/mol. The van der Waals surface area contributed by atoms with E-state index in [1.807, 2.05) is 0 Å². The molecular formula is C12H12F3N3O2. The lowest BCUT2D eigenvalue weighted by Gasteiger charge is -2.08. The predicted octanol–water partition coefficient (Wildman–Crippen LogP) is 3.03. The van der Waals surface area contributed by atoms with Gasteiger partial charge in [0.25, 0.3) is 0 Å². The molecule has 1 heterocycles. The van der Waals surface area contributed by atoms with E-state index >= 15 is 0 Å². The number of fused-ring (bicyclic) bond motifs is 1. The number of benzene rings is 1. The molecule has 108 valence electrons. The van der Waals surface area contributed by atoms with Crippen molar-refractivity contribution in [3.8, 4) is 0 Å². The van der Waals surface area contributed by atoms with Crippen LogP contribution in [0.25, 0.3) is 10.9 Å². The highest BCUT2D eigenvalue weighted by Crippen LogP contribution is 2.33. The zero-order valence-electron chi connectivity index (χ0n) is 10.7. The maximum atomic E-state index is 12.6. The van der Waals surface area contributed by atoms with Gasteiger partial charge in [-0.3, -0.25) is 0 Å². The number of ether oxygens (including phenoxy) is 1. The molecule has 0 unspecified atom stereocenters. The van der Waals surface area contributed by atoms with Crippen molar-refractivity contribution in [3.63, 3.8) is 0 Å². The minimum atomic E-state index is -4.48. The zero-order valence-corrected chi connectivity index (χ0v) is 10.7. The summed E-state index contributed by atoms with van der Waals surface area (Å²) < 4.78 is 43.7. The molecule has 0 fully saturated rings. The molecule has 0 saturated heterocycles. The van der Waals surface area contributed by atoms with E-state index in [4.69, 9.17) is 10.5 Å². The van der Waals surface area contributed by atoms with Crippen molar-refractivity contribution in [2.75, 3.05) is 5.73 Å². The first kappa shape index (κ1) is 14.2. The summed E-state index contributed by atoms with van der Waals surface area (Å²) in [6.07, 6.45) is -5.65. The highest BCUT2D eigenvalue weighted by molar-refractivity contribution is 5.95. The van der Waals surface area contributed by atoms with E-state index in [1.54, 1.807) is 13.8 Å². The van der Waals surface area contributed by atoms with E-state index in [2.05, 4.69) is 5.10 Å². The van der Waals surface area contributed by atoms with E-state index in [9.17, 15) is 18.0 Å². The van der Waals surface area contributed by atoms with Crippen molar-refractivity contribution in [2.45, 2.75) is 26.1 Å². The molecule has 0 amide bonds. The number of carbonyl (C=O) groups excluding carboxylic acids is 1. The third kappa shape index (κ3) is 2.54. The van der Waals surface area contributed by atoms with Crippen LogP contribution >= 0.6 is 0 Å². The Balaban J connectivity index is 2.53. The summed E-state index contributed by atoms with van der Waals surface area (Å²) in [6.45, 7) is 3.30.